The van der Waals surface area contributed by atoms with Gasteiger partial charge in [0.1, 0.15) is 0 Å². The van der Waals surface area contributed by atoms with Gasteiger partial charge in [0.05, 0.1) is 11.4 Å². The third-order valence-corrected chi connectivity index (χ3v) is 3.71. The molecule has 0 aliphatic rings. The molecular weight excluding hydrogens is 364 g/mol. The van der Waals surface area contributed by atoms with E-state index in [2.05, 4.69) is 36.7 Å². The first kappa shape index (κ1) is 16.1. The topological polar surface area (TPSA) is 49.1 Å². The van der Waals surface area contributed by atoms with Crippen LogP contribution < -0.4 is 5.43 Å². The molecule has 0 saturated heterocycles. The van der Waals surface area contributed by atoms with E-state index in [4.69, 9.17) is 0 Å². The molecule has 0 bridgehead atoms. The van der Waals surface area contributed by atoms with Gasteiger partial charge in [-0.25, -0.2) is 0 Å². The van der Waals surface area contributed by atoms with E-state index in [-0.39, 0.29) is 0 Å². The number of halogens is 1. The fourth-order valence-electron chi connectivity index (χ4n) is 1.97. The molecule has 4 nitrogen and oxygen atoms in total. The molecule has 0 spiro atoms. The summed E-state index contributed by atoms with van der Waals surface area (Å²) in [5, 5.41) is 13.0. The van der Waals surface area contributed by atoms with Crippen molar-refractivity contribution >= 4 is 33.1 Å². The molecule has 0 heterocycles. The van der Waals surface area contributed by atoms with Gasteiger partial charge >= 0.3 is 0 Å². The van der Waals surface area contributed by atoms with Crippen LogP contribution in [0.1, 0.15) is 5.56 Å². The lowest BCUT2D eigenvalue weighted by molar-refractivity contribution is 1.22. The minimum Gasteiger partial charge on any atom is -0.276 e. The van der Waals surface area contributed by atoms with E-state index in [9.17, 15) is 0 Å². The average molecular weight is 379 g/mol. The average Bonchev–Trinajstić information content (AvgIpc) is 2.65. The number of nitrogens with zero attached hydrogens (tertiary/aromatic N) is 3. The molecule has 5 heteroatoms. The Labute approximate surface area is 149 Å². The largest absolute Gasteiger partial charge is 0.276 e. The van der Waals surface area contributed by atoms with E-state index in [1.165, 1.54) is 0 Å². The van der Waals surface area contributed by atoms with Crippen molar-refractivity contribution in [3.8, 4) is 0 Å². The fraction of sp³-hybridized carbons (Fsp3) is 0. The normalized spacial score (nSPS) is 11.6. The molecule has 0 amide bonds. The lowest BCUT2D eigenvalue weighted by Crippen LogP contribution is -2.00. The predicted molar refractivity (Wildman–Crippen MR) is 102 cm³/mol. The highest BCUT2D eigenvalue weighted by Crippen LogP contribution is 2.18. The highest BCUT2D eigenvalue weighted by molar-refractivity contribution is 9.10. The molecule has 24 heavy (non-hydrogen) atoms. The summed E-state index contributed by atoms with van der Waals surface area (Å²) in [4.78, 5) is 0. The maximum Gasteiger partial charge on any atom is 0.201 e. The molecule has 0 radical (unpaired) electrons. The van der Waals surface area contributed by atoms with Crippen molar-refractivity contribution in [2.75, 3.05) is 5.43 Å². The number of benzene rings is 3. The lowest BCUT2D eigenvalue weighted by atomic mass is 10.2. The van der Waals surface area contributed by atoms with Gasteiger partial charge in [-0.05, 0) is 36.4 Å². The zero-order valence-corrected chi connectivity index (χ0v) is 14.4. The number of rotatable bonds is 4. The van der Waals surface area contributed by atoms with E-state index in [1.54, 1.807) is 0 Å². The molecule has 0 aliphatic heterocycles. The number of hydrogen-bond acceptors (Lipinski definition) is 3. The zero-order valence-electron chi connectivity index (χ0n) is 12.8. The molecular formula is C19H15BrN4. The van der Waals surface area contributed by atoms with Crippen LogP contribution in [0.3, 0.4) is 0 Å². The Kier molecular flexibility index (Phi) is 5.48. The van der Waals surface area contributed by atoms with Gasteiger partial charge in [0.15, 0.2) is 0 Å². The SMILES string of the molecule is Brc1ccc(N=N/C(=N/Nc2ccccc2)c2ccccc2)cc1. The van der Waals surface area contributed by atoms with Crippen LogP contribution in [-0.2, 0) is 0 Å². The van der Waals surface area contributed by atoms with Crippen LogP contribution in [-0.4, -0.2) is 5.84 Å². The first-order valence-corrected chi connectivity index (χ1v) is 8.22. The minimum atomic E-state index is 0.516. The highest BCUT2D eigenvalue weighted by atomic mass is 79.9. The molecule has 1 N–H and O–H groups in total. The molecule has 0 saturated carbocycles. The number of para-hydroxylation sites is 1. The molecule has 3 rings (SSSR count). The van der Waals surface area contributed by atoms with Crippen LogP contribution >= 0.6 is 15.9 Å². The second-order valence-corrected chi connectivity index (χ2v) is 5.87. The third kappa shape index (κ3) is 4.60. The van der Waals surface area contributed by atoms with Crippen LogP contribution in [0, 0.1) is 0 Å². The summed E-state index contributed by atoms with van der Waals surface area (Å²) < 4.78 is 1.00. The molecule has 0 aromatic heterocycles. The summed E-state index contributed by atoms with van der Waals surface area (Å²) >= 11 is 3.41. The number of nitrogens with one attached hydrogen (secondary N) is 1. The quantitative estimate of drug-likeness (QED) is 0.257. The maximum atomic E-state index is 4.39. The van der Waals surface area contributed by atoms with Crippen molar-refractivity contribution < 1.29 is 0 Å². The molecule has 0 fully saturated rings. The Morgan fingerprint density at radius 2 is 1.38 bits per heavy atom. The number of hydrazone groups is 1. The fourth-order valence-corrected chi connectivity index (χ4v) is 2.24. The van der Waals surface area contributed by atoms with Gasteiger partial charge in [-0.1, -0.05) is 64.5 Å². The summed E-state index contributed by atoms with van der Waals surface area (Å²) in [6.45, 7) is 0. The summed E-state index contributed by atoms with van der Waals surface area (Å²) in [6.07, 6.45) is 0. The van der Waals surface area contributed by atoms with Gasteiger partial charge in [0.2, 0.25) is 5.84 Å². The zero-order chi connectivity index (χ0) is 16.6. The number of hydrogen-bond donors (Lipinski definition) is 1. The highest BCUT2D eigenvalue weighted by Gasteiger charge is 2.02. The molecule has 0 aliphatic carbocycles. The summed E-state index contributed by atoms with van der Waals surface area (Å²) in [6, 6.07) is 27.1. The van der Waals surface area contributed by atoms with Crippen LogP contribution in [0.15, 0.2) is 105 Å². The first-order chi connectivity index (χ1) is 11.8. The number of anilines is 1. The van der Waals surface area contributed by atoms with Gasteiger partial charge < -0.3 is 0 Å². The van der Waals surface area contributed by atoms with E-state index >= 15 is 0 Å². The Morgan fingerprint density at radius 3 is 2.04 bits per heavy atom. The monoisotopic (exact) mass is 378 g/mol. The summed E-state index contributed by atoms with van der Waals surface area (Å²) in [5.41, 5.74) is 5.56. The van der Waals surface area contributed by atoms with Gasteiger partial charge in [0.25, 0.3) is 0 Å². The maximum absolute atomic E-state index is 4.39. The van der Waals surface area contributed by atoms with E-state index in [0.717, 1.165) is 21.4 Å². The van der Waals surface area contributed by atoms with Gasteiger partial charge in [-0.2, -0.15) is 5.10 Å². The predicted octanol–water partition coefficient (Wildman–Crippen LogP) is 6.01. The number of azo groups is 1. The Morgan fingerprint density at radius 1 is 0.750 bits per heavy atom. The standard InChI is InChI=1S/C19H15BrN4/c20-16-11-13-18(14-12-16)22-24-19(15-7-3-1-4-8-15)23-21-17-9-5-2-6-10-17/h1-14,21H/b23-19+,24-22?. The van der Waals surface area contributed by atoms with Gasteiger partial charge in [-0.3, -0.25) is 5.43 Å². The Bertz CT molecular complexity index is 828. The van der Waals surface area contributed by atoms with E-state index in [1.807, 2.05) is 84.9 Å². The van der Waals surface area contributed by atoms with E-state index < -0.39 is 0 Å². The minimum absolute atomic E-state index is 0.516. The van der Waals surface area contributed by atoms with Crippen molar-refractivity contribution in [1.82, 2.24) is 0 Å². The molecule has 0 atom stereocenters. The second-order valence-electron chi connectivity index (χ2n) is 4.96. The lowest BCUT2D eigenvalue weighted by Gasteiger charge is -2.03. The van der Waals surface area contributed by atoms with Crippen LogP contribution in [0.5, 0.6) is 0 Å². The van der Waals surface area contributed by atoms with Crippen molar-refractivity contribution in [2.24, 2.45) is 15.3 Å². The Hall–Kier alpha value is -2.79. The van der Waals surface area contributed by atoms with Crippen LogP contribution in [0.2, 0.25) is 0 Å². The smallest absolute Gasteiger partial charge is 0.201 e. The van der Waals surface area contributed by atoms with E-state index in [0.29, 0.717) is 5.84 Å². The van der Waals surface area contributed by atoms with Crippen molar-refractivity contribution in [3.05, 3.63) is 95.0 Å². The first-order valence-electron chi connectivity index (χ1n) is 7.43. The molecule has 3 aromatic carbocycles. The second kappa shape index (κ2) is 8.17. The van der Waals surface area contributed by atoms with Crippen molar-refractivity contribution in [2.45, 2.75) is 0 Å². The summed E-state index contributed by atoms with van der Waals surface area (Å²) in [7, 11) is 0. The van der Waals surface area contributed by atoms with Crippen LogP contribution in [0.25, 0.3) is 0 Å². The molecule has 118 valence electrons. The van der Waals surface area contributed by atoms with Crippen molar-refractivity contribution in [3.63, 3.8) is 0 Å². The number of amidine groups is 1. The van der Waals surface area contributed by atoms with Crippen LogP contribution in [0.4, 0.5) is 11.4 Å². The van der Waals surface area contributed by atoms with Gasteiger partial charge in [-0.15, -0.1) is 10.2 Å². The molecule has 3 aromatic rings. The van der Waals surface area contributed by atoms with Gasteiger partial charge in [0, 0.05) is 10.0 Å². The van der Waals surface area contributed by atoms with Crippen molar-refractivity contribution in [1.29, 1.82) is 0 Å². The summed E-state index contributed by atoms with van der Waals surface area (Å²) in [5.74, 6) is 0.516. The third-order valence-electron chi connectivity index (χ3n) is 3.18. The molecule has 0 unspecified atom stereocenters. The Balaban J connectivity index is 1.86.